The van der Waals surface area contributed by atoms with Crippen molar-refractivity contribution in [1.82, 2.24) is 10.6 Å². The van der Waals surface area contributed by atoms with Gasteiger partial charge in [0.25, 0.3) is 0 Å². The molecular formula is C21H29FIN3O2S. The maximum absolute atomic E-state index is 13.5. The lowest BCUT2D eigenvalue weighted by Crippen LogP contribution is -2.38. The van der Waals surface area contributed by atoms with E-state index in [1.165, 1.54) is 13.2 Å². The third kappa shape index (κ3) is 7.93. The number of hydrogen-bond donors (Lipinski definition) is 3. The molecule has 3 N–H and O–H groups in total. The van der Waals surface area contributed by atoms with Gasteiger partial charge < -0.3 is 20.5 Å². The number of methoxy groups -OCH3 is 1. The summed E-state index contributed by atoms with van der Waals surface area (Å²) >= 11 is 1.66. The van der Waals surface area contributed by atoms with Crippen molar-refractivity contribution in [2.75, 3.05) is 26.5 Å². The molecule has 2 rings (SSSR count). The summed E-state index contributed by atoms with van der Waals surface area (Å²) in [6.07, 6.45) is 2.62. The second kappa shape index (κ2) is 13.5. The lowest BCUT2D eigenvalue weighted by molar-refractivity contribution is 0.370. The molecule has 0 aliphatic carbocycles. The fourth-order valence-corrected chi connectivity index (χ4v) is 3.37. The molecule has 0 heterocycles. The molecule has 0 atom stereocenters. The van der Waals surface area contributed by atoms with Crippen molar-refractivity contribution in [3.8, 4) is 11.5 Å². The molecule has 0 unspecified atom stereocenters. The summed E-state index contributed by atoms with van der Waals surface area (Å²) in [6.45, 7) is 3.81. The maximum Gasteiger partial charge on any atom is 0.191 e. The van der Waals surface area contributed by atoms with E-state index in [0.717, 1.165) is 29.0 Å². The van der Waals surface area contributed by atoms with Crippen LogP contribution in [0.3, 0.4) is 0 Å². The number of aliphatic imine (C=N–C) groups is 1. The highest BCUT2D eigenvalue weighted by molar-refractivity contribution is 14.0. The van der Waals surface area contributed by atoms with Gasteiger partial charge in [-0.2, -0.15) is 11.8 Å². The Labute approximate surface area is 193 Å². The first-order valence-electron chi connectivity index (χ1n) is 9.22. The Morgan fingerprint density at radius 1 is 1.17 bits per heavy atom. The smallest absolute Gasteiger partial charge is 0.191 e. The molecule has 0 aromatic heterocycles. The number of para-hydroxylation sites is 1. The van der Waals surface area contributed by atoms with Crippen molar-refractivity contribution < 1.29 is 14.2 Å². The fraction of sp³-hybridized carbons (Fsp3) is 0.381. The lowest BCUT2D eigenvalue weighted by Gasteiger charge is -2.13. The van der Waals surface area contributed by atoms with Crippen LogP contribution in [0.5, 0.6) is 11.5 Å². The molecule has 0 bridgehead atoms. The van der Waals surface area contributed by atoms with Gasteiger partial charge in [-0.05, 0) is 54.5 Å². The van der Waals surface area contributed by atoms with E-state index in [-0.39, 0.29) is 35.5 Å². The Balaban J connectivity index is 0.00000420. The van der Waals surface area contributed by atoms with Crippen LogP contribution in [0.25, 0.3) is 0 Å². The molecule has 8 heteroatoms. The summed E-state index contributed by atoms with van der Waals surface area (Å²) in [5, 5.41) is 16.7. The van der Waals surface area contributed by atoms with E-state index >= 15 is 0 Å². The zero-order valence-corrected chi connectivity index (χ0v) is 20.1. The highest BCUT2D eigenvalue weighted by Crippen LogP contribution is 2.29. The average Bonchev–Trinajstić information content (AvgIpc) is 2.68. The third-order valence-electron chi connectivity index (χ3n) is 4.21. The first kappa shape index (κ1) is 25.4. The van der Waals surface area contributed by atoms with Crippen LogP contribution in [0.1, 0.15) is 23.6 Å². The van der Waals surface area contributed by atoms with E-state index < -0.39 is 0 Å². The van der Waals surface area contributed by atoms with E-state index in [2.05, 4.69) is 15.6 Å². The van der Waals surface area contributed by atoms with Crippen LogP contribution in [-0.4, -0.2) is 37.5 Å². The molecule has 0 aliphatic rings. The SMILES string of the molecule is CCNC(=NCc1ccc(F)cc1CSC)NCCc1cccc(OC)c1O.I. The van der Waals surface area contributed by atoms with Crippen molar-refractivity contribution in [3.05, 3.63) is 58.9 Å². The summed E-state index contributed by atoms with van der Waals surface area (Å²) < 4.78 is 18.6. The molecule has 160 valence electrons. The van der Waals surface area contributed by atoms with Crippen LogP contribution in [0.4, 0.5) is 4.39 Å². The minimum atomic E-state index is -0.222. The van der Waals surface area contributed by atoms with Gasteiger partial charge in [0.05, 0.1) is 13.7 Å². The molecule has 0 fully saturated rings. The molecule has 2 aromatic carbocycles. The first-order valence-corrected chi connectivity index (χ1v) is 10.6. The minimum Gasteiger partial charge on any atom is -0.504 e. The monoisotopic (exact) mass is 533 g/mol. The van der Waals surface area contributed by atoms with Gasteiger partial charge in [0, 0.05) is 18.8 Å². The predicted octanol–water partition coefficient (Wildman–Crippen LogP) is 4.32. The Morgan fingerprint density at radius 2 is 1.97 bits per heavy atom. The molecular weight excluding hydrogens is 504 g/mol. The molecule has 0 saturated carbocycles. The number of phenols is 1. The molecule has 0 spiro atoms. The number of halogens is 2. The Hall–Kier alpha value is -1.68. The third-order valence-corrected chi connectivity index (χ3v) is 4.81. The minimum absolute atomic E-state index is 0. The number of aromatic hydroxyl groups is 1. The van der Waals surface area contributed by atoms with Crippen LogP contribution in [0, 0.1) is 5.82 Å². The van der Waals surface area contributed by atoms with Gasteiger partial charge in [-0.25, -0.2) is 9.38 Å². The van der Waals surface area contributed by atoms with Crippen molar-refractivity contribution in [2.24, 2.45) is 4.99 Å². The van der Waals surface area contributed by atoms with Crippen molar-refractivity contribution in [2.45, 2.75) is 25.6 Å². The number of benzene rings is 2. The van der Waals surface area contributed by atoms with E-state index in [4.69, 9.17) is 4.74 Å². The summed E-state index contributed by atoms with van der Waals surface area (Å²) in [7, 11) is 1.54. The summed E-state index contributed by atoms with van der Waals surface area (Å²) in [5.41, 5.74) is 2.79. The molecule has 2 aromatic rings. The average molecular weight is 533 g/mol. The van der Waals surface area contributed by atoms with E-state index in [1.807, 2.05) is 25.3 Å². The molecule has 5 nitrogen and oxygen atoms in total. The first-order chi connectivity index (χ1) is 13.6. The summed E-state index contributed by atoms with van der Waals surface area (Å²) in [5.74, 6) is 1.85. The fourth-order valence-electron chi connectivity index (χ4n) is 2.79. The Bertz CT molecular complexity index is 805. The number of phenolic OH excluding ortho intramolecular Hbond substituents is 1. The van der Waals surface area contributed by atoms with Gasteiger partial charge in [0.1, 0.15) is 5.82 Å². The van der Waals surface area contributed by atoms with Gasteiger partial charge in [-0.1, -0.05) is 18.2 Å². The van der Waals surface area contributed by atoms with E-state index in [9.17, 15) is 9.50 Å². The molecule has 0 saturated heterocycles. The van der Waals surface area contributed by atoms with Gasteiger partial charge in [-0.3, -0.25) is 0 Å². The zero-order valence-electron chi connectivity index (χ0n) is 17.0. The highest BCUT2D eigenvalue weighted by Gasteiger charge is 2.08. The number of nitrogens with zero attached hydrogens (tertiary/aromatic N) is 1. The number of guanidine groups is 1. The quantitative estimate of drug-likeness (QED) is 0.255. The molecule has 0 amide bonds. The number of rotatable bonds is 9. The van der Waals surface area contributed by atoms with Crippen LogP contribution in [-0.2, 0) is 18.7 Å². The van der Waals surface area contributed by atoms with Crippen LogP contribution in [0.2, 0.25) is 0 Å². The van der Waals surface area contributed by atoms with Crippen molar-refractivity contribution in [1.29, 1.82) is 0 Å². The van der Waals surface area contributed by atoms with Gasteiger partial charge in [0.2, 0.25) is 0 Å². The second-order valence-corrected chi connectivity index (χ2v) is 7.05. The number of thioether (sulfide) groups is 1. The number of ether oxygens (including phenoxy) is 1. The van der Waals surface area contributed by atoms with E-state index in [0.29, 0.717) is 31.2 Å². The highest BCUT2D eigenvalue weighted by atomic mass is 127. The van der Waals surface area contributed by atoms with Crippen LogP contribution < -0.4 is 15.4 Å². The lowest BCUT2D eigenvalue weighted by atomic mass is 10.1. The molecule has 29 heavy (non-hydrogen) atoms. The van der Waals surface area contributed by atoms with Crippen molar-refractivity contribution in [3.63, 3.8) is 0 Å². The normalized spacial score (nSPS) is 11.0. The van der Waals surface area contributed by atoms with Crippen LogP contribution in [0.15, 0.2) is 41.4 Å². The van der Waals surface area contributed by atoms with Gasteiger partial charge in [0.15, 0.2) is 17.5 Å². The summed E-state index contributed by atoms with van der Waals surface area (Å²) in [6, 6.07) is 10.3. The molecule has 0 aliphatic heterocycles. The number of hydrogen-bond acceptors (Lipinski definition) is 4. The Kier molecular flexibility index (Phi) is 11.8. The van der Waals surface area contributed by atoms with E-state index in [1.54, 1.807) is 30.0 Å². The van der Waals surface area contributed by atoms with Gasteiger partial charge >= 0.3 is 0 Å². The standard InChI is InChI=1S/C21H28FN3O2S.HI/c1-4-23-21(24-11-10-15-6-5-7-19(27-2)20(15)26)25-13-16-8-9-18(22)12-17(16)14-28-3;/h5-9,12,26H,4,10-11,13-14H2,1-3H3,(H2,23,24,25);1H. The largest absolute Gasteiger partial charge is 0.504 e. The Morgan fingerprint density at radius 3 is 2.66 bits per heavy atom. The van der Waals surface area contributed by atoms with Crippen LogP contribution >= 0.6 is 35.7 Å². The zero-order chi connectivity index (χ0) is 20.4. The van der Waals surface area contributed by atoms with Crippen molar-refractivity contribution >= 4 is 41.7 Å². The second-order valence-electron chi connectivity index (χ2n) is 6.19. The van der Waals surface area contributed by atoms with Gasteiger partial charge in [-0.15, -0.1) is 24.0 Å². The number of nitrogens with one attached hydrogen (secondary N) is 2. The predicted molar refractivity (Wildman–Crippen MR) is 130 cm³/mol. The topological polar surface area (TPSA) is 65.9 Å². The molecule has 0 radical (unpaired) electrons. The maximum atomic E-state index is 13.5. The summed E-state index contributed by atoms with van der Waals surface area (Å²) in [4.78, 5) is 4.62.